The molecule has 0 aromatic carbocycles. The molecule has 6 heteroatoms. The van der Waals surface area contributed by atoms with E-state index < -0.39 is 0 Å². The van der Waals surface area contributed by atoms with Crippen LogP contribution in [0.5, 0.6) is 0 Å². The van der Waals surface area contributed by atoms with Crippen molar-refractivity contribution in [2.24, 2.45) is 11.8 Å². The van der Waals surface area contributed by atoms with Gasteiger partial charge in [-0.1, -0.05) is 6.42 Å². The standard InChI is InChI=1S/C22H35N3O3/c26-20(23-8-1-2-9-23)12-16-14-25(17-6-5-7-17)18-15-28-19(22(16)18)13-21(27)24-10-3-4-11-24/h16-19,22H,1-15H2/t16-,18-,19+,22-/m1/s1. The summed E-state index contributed by atoms with van der Waals surface area (Å²) in [5.41, 5.74) is 0. The topological polar surface area (TPSA) is 53.1 Å². The fourth-order valence-corrected chi connectivity index (χ4v) is 6.28. The van der Waals surface area contributed by atoms with Gasteiger partial charge in [-0.15, -0.1) is 0 Å². The monoisotopic (exact) mass is 389 g/mol. The Labute approximate surface area is 168 Å². The van der Waals surface area contributed by atoms with Gasteiger partial charge in [-0.3, -0.25) is 14.5 Å². The molecule has 1 saturated carbocycles. The van der Waals surface area contributed by atoms with E-state index in [1.807, 2.05) is 4.90 Å². The van der Waals surface area contributed by atoms with Crippen molar-refractivity contribution in [1.82, 2.24) is 14.7 Å². The van der Waals surface area contributed by atoms with Gasteiger partial charge in [-0.2, -0.15) is 0 Å². The molecule has 4 aliphatic heterocycles. The van der Waals surface area contributed by atoms with E-state index in [0.29, 0.717) is 42.7 Å². The van der Waals surface area contributed by atoms with Gasteiger partial charge in [0.2, 0.25) is 11.8 Å². The molecule has 0 bridgehead atoms. The van der Waals surface area contributed by atoms with E-state index in [0.717, 1.165) is 65.0 Å². The molecular formula is C22H35N3O3. The van der Waals surface area contributed by atoms with Gasteiger partial charge in [0.15, 0.2) is 0 Å². The van der Waals surface area contributed by atoms with Gasteiger partial charge in [0, 0.05) is 57.1 Å². The number of rotatable bonds is 5. The van der Waals surface area contributed by atoms with E-state index in [1.54, 1.807) is 0 Å². The number of nitrogens with zero attached hydrogens (tertiary/aromatic N) is 3. The summed E-state index contributed by atoms with van der Waals surface area (Å²) >= 11 is 0. The molecule has 2 amide bonds. The number of likely N-dealkylation sites (tertiary alicyclic amines) is 3. The Morgan fingerprint density at radius 2 is 1.43 bits per heavy atom. The molecule has 4 saturated heterocycles. The quantitative estimate of drug-likeness (QED) is 0.720. The number of carbonyl (C=O) groups is 2. The summed E-state index contributed by atoms with van der Waals surface area (Å²) in [6, 6.07) is 1.09. The predicted molar refractivity (Wildman–Crippen MR) is 106 cm³/mol. The molecule has 0 aromatic heterocycles. The average molecular weight is 390 g/mol. The van der Waals surface area contributed by atoms with Crippen molar-refractivity contribution in [1.29, 1.82) is 0 Å². The largest absolute Gasteiger partial charge is 0.376 e. The van der Waals surface area contributed by atoms with Crippen LogP contribution in [-0.4, -0.2) is 84.0 Å². The zero-order valence-corrected chi connectivity index (χ0v) is 17.1. The number of hydrogen-bond acceptors (Lipinski definition) is 4. The van der Waals surface area contributed by atoms with Crippen molar-refractivity contribution in [2.45, 2.75) is 76.0 Å². The van der Waals surface area contributed by atoms with E-state index in [9.17, 15) is 9.59 Å². The summed E-state index contributed by atoms with van der Waals surface area (Å²) in [6.45, 7) is 5.44. The van der Waals surface area contributed by atoms with E-state index >= 15 is 0 Å². The molecule has 1 aliphatic carbocycles. The lowest BCUT2D eigenvalue weighted by atomic mass is 9.83. The number of fused-ring (bicyclic) bond motifs is 1. The second-order valence-electron chi connectivity index (χ2n) is 9.64. The molecule has 5 rings (SSSR count). The first-order chi connectivity index (χ1) is 13.7. The minimum Gasteiger partial charge on any atom is -0.376 e. The molecule has 0 aromatic rings. The van der Waals surface area contributed by atoms with Gasteiger partial charge < -0.3 is 14.5 Å². The van der Waals surface area contributed by atoms with Crippen molar-refractivity contribution in [3.63, 3.8) is 0 Å². The number of ether oxygens (including phenoxy) is 1. The van der Waals surface area contributed by atoms with Crippen LogP contribution in [0.15, 0.2) is 0 Å². The molecule has 4 heterocycles. The van der Waals surface area contributed by atoms with Gasteiger partial charge in [-0.25, -0.2) is 0 Å². The first-order valence-electron chi connectivity index (χ1n) is 11.6. The van der Waals surface area contributed by atoms with Crippen LogP contribution in [0.1, 0.15) is 57.8 Å². The highest BCUT2D eigenvalue weighted by atomic mass is 16.5. The van der Waals surface area contributed by atoms with Crippen LogP contribution in [0.3, 0.4) is 0 Å². The first-order valence-corrected chi connectivity index (χ1v) is 11.6. The van der Waals surface area contributed by atoms with Gasteiger partial charge in [-0.05, 0) is 44.4 Å². The molecule has 28 heavy (non-hydrogen) atoms. The Morgan fingerprint density at radius 3 is 2.00 bits per heavy atom. The van der Waals surface area contributed by atoms with Crippen LogP contribution in [0, 0.1) is 11.8 Å². The van der Waals surface area contributed by atoms with Gasteiger partial charge in [0.05, 0.1) is 19.1 Å². The van der Waals surface area contributed by atoms with Crippen LogP contribution in [0.2, 0.25) is 0 Å². The van der Waals surface area contributed by atoms with Crippen molar-refractivity contribution >= 4 is 11.8 Å². The SMILES string of the molecule is O=C(C[C@@H]1CN(C2CCC2)[C@@H]2CO[C@@H](CC(=O)N3CCCC3)[C@H]12)N1CCCC1. The summed E-state index contributed by atoms with van der Waals surface area (Å²) in [4.78, 5) is 32.4. The molecule has 4 atom stereocenters. The summed E-state index contributed by atoms with van der Waals surface area (Å²) in [6.07, 6.45) is 9.60. The predicted octanol–water partition coefficient (Wildman–Crippen LogP) is 1.88. The second kappa shape index (κ2) is 7.94. The summed E-state index contributed by atoms with van der Waals surface area (Å²) < 4.78 is 6.22. The molecule has 0 spiro atoms. The average Bonchev–Trinajstić information content (AvgIpc) is 3.42. The maximum absolute atomic E-state index is 12.9. The molecule has 156 valence electrons. The molecule has 6 nitrogen and oxygen atoms in total. The van der Waals surface area contributed by atoms with Crippen LogP contribution in [-0.2, 0) is 14.3 Å². The van der Waals surface area contributed by atoms with E-state index in [2.05, 4.69) is 9.80 Å². The lowest BCUT2D eigenvalue weighted by Gasteiger charge is -2.38. The number of carbonyl (C=O) groups excluding carboxylic acids is 2. The molecule has 0 N–H and O–H groups in total. The Bertz CT molecular complexity index is 596. The third-order valence-electron chi connectivity index (χ3n) is 8.04. The van der Waals surface area contributed by atoms with Crippen LogP contribution >= 0.6 is 0 Å². The molecule has 5 fully saturated rings. The molecular weight excluding hydrogens is 354 g/mol. The third-order valence-corrected chi connectivity index (χ3v) is 8.04. The zero-order valence-electron chi connectivity index (χ0n) is 17.1. The Morgan fingerprint density at radius 1 is 0.821 bits per heavy atom. The molecule has 0 unspecified atom stereocenters. The fraction of sp³-hybridized carbons (Fsp3) is 0.909. The van der Waals surface area contributed by atoms with Crippen molar-refractivity contribution < 1.29 is 14.3 Å². The van der Waals surface area contributed by atoms with Gasteiger partial charge in [0.1, 0.15) is 0 Å². The Hall–Kier alpha value is -1.14. The van der Waals surface area contributed by atoms with Crippen LogP contribution in [0.4, 0.5) is 0 Å². The van der Waals surface area contributed by atoms with Gasteiger partial charge >= 0.3 is 0 Å². The normalized spacial score (nSPS) is 36.1. The van der Waals surface area contributed by atoms with Crippen molar-refractivity contribution in [3.8, 4) is 0 Å². The maximum Gasteiger partial charge on any atom is 0.225 e. The van der Waals surface area contributed by atoms with E-state index in [1.165, 1.54) is 19.3 Å². The summed E-state index contributed by atoms with van der Waals surface area (Å²) in [5.74, 6) is 1.28. The Kier molecular flexibility index (Phi) is 5.35. The molecule has 5 aliphatic rings. The van der Waals surface area contributed by atoms with Crippen LogP contribution in [0.25, 0.3) is 0 Å². The highest BCUT2D eigenvalue weighted by Crippen LogP contribution is 2.45. The first kappa shape index (κ1) is 18.9. The maximum atomic E-state index is 12.9. The minimum atomic E-state index is -0.000412. The number of hydrogen-bond donors (Lipinski definition) is 0. The van der Waals surface area contributed by atoms with Crippen molar-refractivity contribution in [3.05, 3.63) is 0 Å². The third kappa shape index (κ3) is 3.47. The van der Waals surface area contributed by atoms with Crippen LogP contribution < -0.4 is 0 Å². The fourth-order valence-electron chi connectivity index (χ4n) is 6.28. The lowest BCUT2D eigenvalue weighted by Crippen LogP contribution is -2.45. The van der Waals surface area contributed by atoms with Crippen molar-refractivity contribution in [2.75, 3.05) is 39.3 Å². The summed E-state index contributed by atoms with van der Waals surface area (Å²) in [7, 11) is 0. The highest BCUT2D eigenvalue weighted by Gasteiger charge is 2.53. The Balaban J connectivity index is 1.28. The molecule has 0 radical (unpaired) electrons. The highest BCUT2D eigenvalue weighted by molar-refractivity contribution is 5.78. The minimum absolute atomic E-state index is 0.000412. The number of amides is 2. The second-order valence-corrected chi connectivity index (χ2v) is 9.64. The lowest BCUT2D eigenvalue weighted by molar-refractivity contribution is -0.133. The summed E-state index contributed by atoms with van der Waals surface area (Å²) in [5, 5.41) is 0. The van der Waals surface area contributed by atoms with Gasteiger partial charge in [0.25, 0.3) is 0 Å². The van der Waals surface area contributed by atoms with E-state index in [4.69, 9.17) is 4.74 Å². The van der Waals surface area contributed by atoms with E-state index in [-0.39, 0.29) is 12.0 Å². The smallest absolute Gasteiger partial charge is 0.225 e. The zero-order chi connectivity index (χ0) is 19.1.